The summed E-state index contributed by atoms with van der Waals surface area (Å²) in [5.74, 6) is -1.39. The molecule has 10 rings (SSSR count). The van der Waals surface area contributed by atoms with Crippen LogP contribution in [0, 0.1) is 25.2 Å². The summed E-state index contributed by atoms with van der Waals surface area (Å²) in [4.78, 5) is 86.8. The number of pyridine rings is 1. The number of β-amino-alcohol motifs (C(OH)–C–C–N with tert-alkyl or cyclic N) is 1. The van der Waals surface area contributed by atoms with E-state index in [1.165, 1.54) is 16.2 Å². The molecule has 2 aliphatic rings. The number of carboxylic acids is 1. The van der Waals surface area contributed by atoms with Crippen molar-refractivity contribution in [1.29, 1.82) is 0 Å². The second-order valence-electron chi connectivity index (χ2n) is 22.4. The zero-order valence-corrected chi connectivity index (χ0v) is 48.5. The highest BCUT2D eigenvalue weighted by Gasteiger charge is 2.45. The molecule has 5 heterocycles. The van der Waals surface area contributed by atoms with Gasteiger partial charge in [-0.3, -0.25) is 24.5 Å². The lowest BCUT2D eigenvalue weighted by molar-refractivity contribution is -0.144. The Bertz CT molecular complexity index is 3670. The van der Waals surface area contributed by atoms with Crippen LogP contribution in [0.4, 0.5) is 10.9 Å². The molecule has 3 aromatic heterocycles. The molecule has 4 amide bonds. The molecule has 0 radical (unpaired) electrons. The number of aryl methyl sites for hydroxylation is 2. The van der Waals surface area contributed by atoms with Gasteiger partial charge in [-0.1, -0.05) is 112 Å². The number of carbonyl (C=O) groups is 5. The smallest absolute Gasteiger partial charge is 0.355 e. The van der Waals surface area contributed by atoms with Crippen LogP contribution in [-0.2, 0) is 33.8 Å². The van der Waals surface area contributed by atoms with Gasteiger partial charge in [-0.2, -0.15) is 0 Å². The number of aromatic nitrogens is 3. The number of hydrogen-bond acceptors (Lipinski definition) is 13. The van der Waals surface area contributed by atoms with Crippen molar-refractivity contribution in [2.45, 2.75) is 105 Å². The molecule has 0 spiro atoms. The van der Waals surface area contributed by atoms with Gasteiger partial charge < -0.3 is 35.4 Å². The zero-order chi connectivity index (χ0) is 58.0. The predicted octanol–water partition coefficient (Wildman–Crippen LogP) is 11.3. The third-order valence-corrected chi connectivity index (χ3v) is 17.4. The molecule has 5 atom stereocenters. The van der Waals surface area contributed by atoms with Gasteiger partial charge in [0.05, 0.1) is 38.4 Å². The number of para-hydroxylation sites is 1. The highest BCUT2D eigenvalue weighted by atomic mass is 32.1. The van der Waals surface area contributed by atoms with Crippen molar-refractivity contribution in [2.24, 2.45) is 11.3 Å². The first-order valence-electron chi connectivity index (χ1n) is 27.5. The standard InChI is InChI=1S/C64H66N8O8S2/c1-36(58(74)69-57(64(5,6)7)61(77)72-33-44(73)32-51(72)60(76)66-38(3)41-22-24-43(25-23-41)56-39(4)65-35-81-56)18-19-40-20-26-45(27-21-40)80-52-16-11-13-46(37(52)2)47-28-29-54(68-55(47)62(78)79)71-31-30-42-12-10-14-48(49(42)34-71)59(75)70-63-67-50-15-8-9-17-53(50)82-63/h8-17,20-29,35-36,38,44,51,57,73H,18-19,30-34H2,1-7H3,(H,66,76)(H,69,74)(H,78,79)(H,67,70,75)/t36-,38+,44-,51+,57-/m1/s1. The Morgan fingerprint density at radius 2 is 1.60 bits per heavy atom. The Labute approximate surface area is 484 Å². The summed E-state index contributed by atoms with van der Waals surface area (Å²) in [6.07, 6.45) is 0.889. The number of hydrogen-bond donors (Lipinski definition) is 5. The van der Waals surface area contributed by atoms with Gasteiger partial charge in [0.1, 0.15) is 29.4 Å². The van der Waals surface area contributed by atoms with Crippen molar-refractivity contribution < 1.29 is 38.9 Å². The lowest BCUT2D eigenvalue weighted by atomic mass is 9.85. The molecule has 16 nitrogen and oxygen atoms in total. The number of fused-ring (bicyclic) bond motifs is 2. The van der Waals surface area contributed by atoms with E-state index in [0.29, 0.717) is 71.5 Å². The summed E-state index contributed by atoms with van der Waals surface area (Å²) >= 11 is 2.98. The second kappa shape index (κ2) is 24.0. The highest BCUT2D eigenvalue weighted by molar-refractivity contribution is 7.22. The number of aromatic carboxylic acids is 1. The molecule has 1 saturated heterocycles. The van der Waals surface area contributed by atoms with E-state index in [-0.39, 0.29) is 42.4 Å². The first-order valence-corrected chi connectivity index (χ1v) is 29.2. The van der Waals surface area contributed by atoms with Crippen molar-refractivity contribution in [3.63, 3.8) is 0 Å². The first-order chi connectivity index (χ1) is 39.3. The molecule has 422 valence electrons. The van der Waals surface area contributed by atoms with E-state index in [0.717, 1.165) is 54.2 Å². The SMILES string of the molecule is Cc1ncsc1-c1ccc([C@H](C)NC(=O)[C@@H]2C[C@@H](O)CN2C(=O)[C@@H](NC(=O)[C@H](C)CCc2ccc(Oc3cccc(-c4ccc(N5CCc6cccc(C(=O)Nc7nc8ccccc8s7)c6C5)nc4C(=O)O)c3C)cc2)C(C)(C)C)cc1. The first kappa shape index (κ1) is 56.9. The Morgan fingerprint density at radius 3 is 2.32 bits per heavy atom. The van der Waals surface area contributed by atoms with E-state index in [1.54, 1.807) is 23.5 Å². The number of nitrogens with zero attached hydrogens (tertiary/aromatic N) is 5. The van der Waals surface area contributed by atoms with Crippen LogP contribution < -0.4 is 25.6 Å². The van der Waals surface area contributed by atoms with Gasteiger partial charge in [-0.25, -0.2) is 19.7 Å². The summed E-state index contributed by atoms with van der Waals surface area (Å²) in [7, 11) is 0. The lowest BCUT2D eigenvalue weighted by Crippen LogP contribution is -2.58. The highest BCUT2D eigenvalue weighted by Crippen LogP contribution is 2.37. The fourth-order valence-electron chi connectivity index (χ4n) is 10.8. The summed E-state index contributed by atoms with van der Waals surface area (Å²) in [5.41, 5.74) is 9.92. The van der Waals surface area contributed by atoms with E-state index < -0.39 is 41.4 Å². The maximum atomic E-state index is 14.4. The molecule has 8 aromatic rings. The molecule has 5 N–H and O–H groups in total. The van der Waals surface area contributed by atoms with Crippen LogP contribution in [0.1, 0.15) is 108 Å². The maximum absolute atomic E-state index is 14.4. The number of carbonyl (C=O) groups excluding carboxylic acids is 4. The number of aliphatic hydroxyl groups is 1. The minimum Gasteiger partial charge on any atom is -0.476 e. The number of anilines is 2. The van der Waals surface area contributed by atoms with Crippen LogP contribution in [0.5, 0.6) is 11.5 Å². The van der Waals surface area contributed by atoms with Gasteiger partial charge in [0, 0.05) is 43.1 Å². The van der Waals surface area contributed by atoms with Crippen molar-refractivity contribution in [3.05, 3.63) is 172 Å². The second-order valence-corrected chi connectivity index (χ2v) is 24.2. The van der Waals surface area contributed by atoms with E-state index >= 15 is 0 Å². The van der Waals surface area contributed by atoms with Crippen LogP contribution in [0.25, 0.3) is 31.8 Å². The third-order valence-electron chi connectivity index (χ3n) is 15.5. The van der Waals surface area contributed by atoms with E-state index in [9.17, 15) is 34.2 Å². The average Bonchev–Trinajstić information content (AvgIpc) is 4.33. The number of thiazole rings is 2. The minimum atomic E-state index is -1.18. The van der Waals surface area contributed by atoms with Crippen LogP contribution >= 0.6 is 22.7 Å². The summed E-state index contributed by atoms with van der Waals surface area (Å²) in [6, 6.07) is 35.8. The quantitative estimate of drug-likeness (QED) is 0.0576. The normalized spacial score (nSPS) is 16.2. The molecule has 0 saturated carbocycles. The molecule has 1 fully saturated rings. The summed E-state index contributed by atoms with van der Waals surface area (Å²) < 4.78 is 7.38. The maximum Gasteiger partial charge on any atom is 0.355 e. The Morgan fingerprint density at radius 1 is 0.841 bits per heavy atom. The molecular formula is C64H66N8O8S2. The van der Waals surface area contributed by atoms with Gasteiger partial charge in [0.2, 0.25) is 17.7 Å². The van der Waals surface area contributed by atoms with Crippen LogP contribution in [0.3, 0.4) is 0 Å². The number of nitrogens with one attached hydrogen (secondary N) is 3. The topological polar surface area (TPSA) is 216 Å². The number of carboxylic acid groups (broad SMARTS) is 1. The molecule has 82 heavy (non-hydrogen) atoms. The van der Waals surface area contributed by atoms with Crippen LogP contribution in [-0.4, -0.2) is 90.9 Å². The molecule has 5 aromatic carbocycles. The average molecular weight is 1140 g/mol. The molecule has 0 bridgehead atoms. The van der Waals surface area contributed by atoms with Gasteiger partial charge >= 0.3 is 5.97 Å². The zero-order valence-electron chi connectivity index (χ0n) is 46.9. The number of benzene rings is 5. The largest absolute Gasteiger partial charge is 0.476 e. The number of aliphatic hydroxyl groups excluding tert-OH is 1. The molecular weight excluding hydrogens is 1070 g/mol. The molecule has 0 unspecified atom stereocenters. The van der Waals surface area contributed by atoms with Crippen molar-refractivity contribution in [3.8, 4) is 33.1 Å². The monoisotopic (exact) mass is 1140 g/mol. The Kier molecular flexibility index (Phi) is 16.7. The Hall–Kier alpha value is -8.32. The van der Waals surface area contributed by atoms with Gasteiger partial charge in [0.25, 0.3) is 5.91 Å². The van der Waals surface area contributed by atoms with E-state index in [4.69, 9.17) is 9.72 Å². The van der Waals surface area contributed by atoms with Crippen molar-refractivity contribution in [1.82, 2.24) is 30.5 Å². The van der Waals surface area contributed by atoms with Gasteiger partial charge in [-0.05, 0) is 133 Å². The molecule has 0 aliphatic carbocycles. The van der Waals surface area contributed by atoms with E-state index in [2.05, 4.69) is 25.9 Å². The number of likely N-dealkylation sites (tertiary alicyclic amines) is 1. The van der Waals surface area contributed by atoms with Crippen molar-refractivity contribution in [2.75, 3.05) is 23.3 Å². The van der Waals surface area contributed by atoms with E-state index in [1.807, 2.05) is 168 Å². The lowest BCUT2D eigenvalue weighted by Gasteiger charge is -2.36. The molecule has 2 aliphatic heterocycles. The van der Waals surface area contributed by atoms with Crippen molar-refractivity contribution >= 4 is 73.4 Å². The van der Waals surface area contributed by atoms with Crippen LogP contribution in [0.15, 0.2) is 127 Å². The third kappa shape index (κ3) is 12.4. The van der Waals surface area contributed by atoms with Crippen LogP contribution in [0.2, 0.25) is 0 Å². The number of rotatable bonds is 17. The number of amides is 4. The predicted molar refractivity (Wildman–Crippen MR) is 320 cm³/mol. The fourth-order valence-corrected chi connectivity index (χ4v) is 12.4. The molecule has 18 heteroatoms. The summed E-state index contributed by atoms with van der Waals surface area (Å²) in [5, 5.41) is 30.9. The summed E-state index contributed by atoms with van der Waals surface area (Å²) in [6.45, 7) is 14.1. The fraction of sp³-hybridized carbons (Fsp3) is 0.312. The van der Waals surface area contributed by atoms with Gasteiger partial charge in [0.15, 0.2) is 10.8 Å². The van der Waals surface area contributed by atoms with Gasteiger partial charge in [-0.15, -0.1) is 11.3 Å². The number of ether oxygens (including phenoxy) is 1. The minimum absolute atomic E-state index is 0.0241. The Balaban J connectivity index is 0.746.